The zero-order valence-electron chi connectivity index (χ0n) is 14.8. The largest absolute Gasteiger partial charge is 0.497 e. The Morgan fingerprint density at radius 1 is 0.808 bits per heavy atom. The Balaban J connectivity index is 0.00000243. The smallest absolute Gasteiger partial charge is 0.127 e. The predicted octanol–water partition coefficient (Wildman–Crippen LogP) is 4.14. The molecule has 0 amide bonds. The second-order valence-corrected chi connectivity index (χ2v) is 6.04. The number of nitrogens with one attached hydrogen (secondary N) is 1. The highest BCUT2D eigenvalue weighted by molar-refractivity contribution is 5.85. The Kier molecular flexibility index (Phi) is 7.22. The van der Waals surface area contributed by atoms with Crippen molar-refractivity contribution in [1.29, 1.82) is 0 Å². The molecule has 0 aliphatic carbocycles. The van der Waals surface area contributed by atoms with Gasteiger partial charge in [0.05, 0.1) is 7.11 Å². The van der Waals surface area contributed by atoms with Crippen LogP contribution in [-0.2, 0) is 12.1 Å². The van der Waals surface area contributed by atoms with E-state index in [4.69, 9.17) is 4.74 Å². The predicted molar refractivity (Wildman–Crippen MR) is 108 cm³/mol. The third kappa shape index (κ3) is 4.64. The van der Waals surface area contributed by atoms with Gasteiger partial charge in [-0.3, -0.25) is 0 Å². The van der Waals surface area contributed by atoms with Crippen molar-refractivity contribution < 1.29 is 9.84 Å². The Morgan fingerprint density at radius 3 is 1.92 bits per heavy atom. The molecule has 0 spiro atoms. The molecule has 136 valence electrons. The van der Waals surface area contributed by atoms with Crippen molar-refractivity contribution in [1.82, 2.24) is 5.32 Å². The van der Waals surface area contributed by atoms with E-state index in [1.807, 2.05) is 72.8 Å². The summed E-state index contributed by atoms with van der Waals surface area (Å²) in [4.78, 5) is 0. The number of methoxy groups -OCH3 is 1. The molecule has 0 saturated carbocycles. The van der Waals surface area contributed by atoms with Crippen LogP contribution in [0.25, 0.3) is 0 Å². The molecule has 0 aromatic heterocycles. The monoisotopic (exact) mass is 369 g/mol. The molecule has 26 heavy (non-hydrogen) atoms. The van der Waals surface area contributed by atoms with Crippen molar-refractivity contribution in [3.8, 4) is 5.75 Å². The highest BCUT2D eigenvalue weighted by Gasteiger charge is 2.31. The van der Waals surface area contributed by atoms with E-state index in [1.165, 1.54) is 5.56 Å². The molecule has 0 bridgehead atoms. The van der Waals surface area contributed by atoms with Crippen molar-refractivity contribution >= 4 is 12.4 Å². The summed E-state index contributed by atoms with van der Waals surface area (Å²) in [6.45, 7) is 1.12. The van der Waals surface area contributed by atoms with E-state index in [0.717, 1.165) is 16.9 Å². The molecule has 3 aromatic carbocycles. The maximum Gasteiger partial charge on any atom is 0.127 e. The fourth-order valence-corrected chi connectivity index (χ4v) is 2.94. The van der Waals surface area contributed by atoms with Gasteiger partial charge in [-0.2, -0.15) is 0 Å². The fraction of sp³-hybridized carbons (Fsp3) is 0.182. The lowest BCUT2D eigenvalue weighted by Gasteiger charge is -2.30. The van der Waals surface area contributed by atoms with Crippen molar-refractivity contribution in [3.05, 3.63) is 102 Å². The third-order valence-corrected chi connectivity index (χ3v) is 4.37. The van der Waals surface area contributed by atoms with Crippen molar-refractivity contribution in [2.75, 3.05) is 13.7 Å². The van der Waals surface area contributed by atoms with E-state index in [-0.39, 0.29) is 12.4 Å². The molecule has 3 aromatic rings. The van der Waals surface area contributed by atoms with Gasteiger partial charge in [0.2, 0.25) is 0 Å². The van der Waals surface area contributed by atoms with E-state index in [9.17, 15) is 5.11 Å². The van der Waals surface area contributed by atoms with Crippen LogP contribution >= 0.6 is 12.4 Å². The molecule has 0 radical (unpaired) electrons. The molecular formula is C22H24ClNO2. The first-order valence-corrected chi connectivity index (χ1v) is 8.39. The normalized spacial score (nSPS) is 12.7. The number of hydrogen-bond acceptors (Lipinski definition) is 3. The Labute approximate surface area is 161 Å². The number of halogens is 1. The second kappa shape index (κ2) is 9.39. The molecule has 0 saturated heterocycles. The minimum absolute atomic E-state index is 0. The van der Waals surface area contributed by atoms with Crippen molar-refractivity contribution in [3.63, 3.8) is 0 Å². The molecule has 0 aliphatic heterocycles. The van der Waals surface area contributed by atoms with Gasteiger partial charge in [-0.05, 0) is 28.8 Å². The van der Waals surface area contributed by atoms with E-state index >= 15 is 0 Å². The van der Waals surface area contributed by atoms with Gasteiger partial charge in [0.25, 0.3) is 0 Å². The maximum atomic E-state index is 11.5. The van der Waals surface area contributed by atoms with E-state index in [1.54, 1.807) is 7.11 Å². The zero-order chi connectivity index (χ0) is 17.5. The highest BCUT2D eigenvalue weighted by atomic mass is 35.5. The lowest BCUT2D eigenvalue weighted by atomic mass is 9.86. The maximum absolute atomic E-state index is 11.5. The second-order valence-electron chi connectivity index (χ2n) is 6.04. The van der Waals surface area contributed by atoms with Gasteiger partial charge in [0.15, 0.2) is 0 Å². The van der Waals surface area contributed by atoms with Gasteiger partial charge < -0.3 is 15.2 Å². The standard InChI is InChI=1S/C22H23NO2.ClH/c1-25-21-14-12-20(13-15-21)22(24,19-10-6-3-7-11-19)17-23-16-18-8-4-2-5-9-18;/h2-15,23-24H,16-17H2,1H3;1H. The van der Waals surface area contributed by atoms with Gasteiger partial charge in [0.1, 0.15) is 11.4 Å². The van der Waals surface area contributed by atoms with Gasteiger partial charge in [-0.1, -0.05) is 72.8 Å². The van der Waals surface area contributed by atoms with Crippen LogP contribution in [0.3, 0.4) is 0 Å². The quantitative estimate of drug-likeness (QED) is 0.657. The average Bonchev–Trinajstić information content (AvgIpc) is 2.69. The van der Waals surface area contributed by atoms with Crippen LogP contribution in [0.15, 0.2) is 84.9 Å². The molecule has 0 fully saturated rings. The molecule has 3 rings (SSSR count). The van der Waals surface area contributed by atoms with Gasteiger partial charge in [-0.15, -0.1) is 12.4 Å². The van der Waals surface area contributed by atoms with Gasteiger partial charge in [0, 0.05) is 13.1 Å². The summed E-state index contributed by atoms with van der Waals surface area (Å²) in [5, 5.41) is 14.9. The molecule has 0 heterocycles. The molecule has 4 heteroatoms. The van der Waals surface area contributed by atoms with Crippen LogP contribution < -0.4 is 10.1 Å². The summed E-state index contributed by atoms with van der Waals surface area (Å²) >= 11 is 0. The summed E-state index contributed by atoms with van der Waals surface area (Å²) in [6, 6.07) is 27.5. The molecule has 1 atom stereocenters. The molecule has 1 unspecified atom stereocenters. The fourth-order valence-electron chi connectivity index (χ4n) is 2.94. The summed E-state index contributed by atoms with van der Waals surface area (Å²) in [5.74, 6) is 0.774. The van der Waals surface area contributed by atoms with E-state index in [2.05, 4.69) is 17.4 Å². The highest BCUT2D eigenvalue weighted by Crippen LogP contribution is 2.30. The zero-order valence-corrected chi connectivity index (χ0v) is 15.6. The number of rotatable bonds is 7. The first-order valence-electron chi connectivity index (χ1n) is 8.39. The van der Waals surface area contributed by atoms with E-state index in [0.29, 0.717) is 13.1 Å². The summed E-state index contributed by atoms with van der Waals surface area (Å²) < 4.78 is 5.23. The molecular weight excluding hydrogens is 346 g/mol. The molecule has 2 N–H and O–H groups in total. The topological polar surface area (TPSA) is 41.5 Å². The van der Waals surface area contributed by atoms with Crippen LogP contribution in [0, 0.1) is 0 Å². The molecule has 0 aliphatic rings. The van der Waals surface area contributed by atoms with Crippen molar-refractivity contribution in [2.24, 2.45) is 0 Å². The lowest BCUT2D eigenvalue weighted by molar-refractivity contribution is 0.0796. The van der Waals surface area contributed by atoms with Crippen LogP contribution in [0.2, 0.25) is 0 Å². The number of hydrogen-bond donors (Lipinski definition) is 2. The first kappa shape index (κ1) is 20.0. The minimum atomic E-state index is -1.11. The van der Waals surface area contributed by atoms with Crippen LogP contribution in [0.4, 0.5) is 0 Å². The molecule has 3 nitrogen and oxygen atoms in total. The average molecular weight is 370 g/mol. The number of aliphatic hydroxyl groups is 1. The number of ether oxygens (including phenoxy) is 1. The Bertz CT molecular complexity index is 778. The Morgan fingerprint density at radius 2 is 1.35 bits per heavy atom. The van der Waals surface area contributed by atoms with Crippen LogP contribution in [-0.4, -0.2) is 18.8 Å². The lowest BCUT2D eigenvalue weighted by Crippen LogP contribution is -2.39. The summed E-state index contributed by atoms with van der Waals surface area (Å²) in [6.07, 6.45) is 0. The van der Waals surface area contributed by atoms with Gasteiger partial charge in [-0.25, -0.2) is 0 Å². The van der Waals surface area contributed by atoms with Crippen LogP contribution in [0.5, 0.6) is 5.75 Å². The third-order valence-electron chi connectivity index (χ3n) is 4.37. The van der Waals surface area contributed by atoms with E-state index < -0.39 is 5.60 Å². The Hall–Kier alpha value is -2.33. The summed E-state index contributed by atoms with van der Waals surface area (Å²) in [7, 11) is 1.64. The van der Waals surface area contributed by atoms with Crippen molar-refractivity contribution in [2.45, 2.75) is 12.1 Å². The van der Waals surface area contributed by atoms with Crippen LogP contribution in [0.1, 0.15) is 16.7 Å². The SMILES string of the molecule is COc1ccc(C(O)(CNCc2ccccc2)c2ccccc2)cc1.Cl. The summed E-state index contributed by atoms with van der Waals surface area (Å²) in [5.41, 5.74) is 1.77. The van der Waals surface area contributed by atoms with Gasteiger partial charge >= 0.3 is 0 Å². The number of benzene rings is 3. The minimum Gasteiger partial charge on any atom is -0.497 e. The first-order chi connectivity index (χ1) is 12.2.